The number of nitrogens with two attached hydrogens (primary N) is 1. The van der Waals surface area contributed by atoms with Crippen LogP contribution >= 0.6 is 12.4 Å². The maximum atomic E-state index is 13.8. The Bertz CT molecular complexity index is 1590. The lowest BCUT2D eigenvalue weighted by molar-refractivity contribution is -0.123. The number of nitrogens with one attached hydrogen (secondary N) is 1. The first kappa shape index (κ1) is 32.4. The number of nitrogens with zero attached hydrogens (tertiary/aromatic N) is 4. The Hall–Kier alpha value is -4.55. The molecule has 2 heterocycles. The van der Waals surface area contributed by atoms with Gasteiger partial charge in [0.05, 0.1) is 35.6 Å². The van der Waals surface area contributed by atoms with Gasteiger partial charge in [0.25, 0.3) is 5.91 Å². The second-order valence-corrected chi connectivity index (χ2v) is 10.6. The average Bonchev–Trinajstić information content (AvgIpc) is 3.31. The summed E-state index contributed by atoms with van der Waals surface area (Å²) < 4.78 is 0. The number of aromatic carboxylic acids is 1. The number of benzene rings is 3. The molecule has 0 spiro atoms. The number of rotatable bonds is 8. The molecule has 12 heteroatoms. The zero-order chi connectivity index (χ0) is 30.7. The van der Waals surface area contributed by atoms with Crippen molar-refractivity contribution in [1.82, 2.24) is 9.80 Å². The molecule has 0 atom stereocenters. The summed E-state index contributed by atoms with van der Waals surface area (Å²) in [6.45, 7) is 3.49. The number of anilines is 3. The first-order valence-corrected chi connectivity index (χ1v) is 14.0. The van der Waals surface area contributed by atoms with E-state index in [-0.39, 0.29) is 35.1 Å². The number of carbonyl (C=O) groups is 4. The zero-order valence-electron chi connectivity index (χ0n) is 24.5. The van der Waals surface area contributed by atoms with Crippen LogP contribution < -0.4 is 20.9 Å². The molecule has 230 valence electrons. The monoisotopic (exact) mass is 618 g/mol. The summed E-state index contributed by atoms with van der Waals surface area (Å²) in [5.41, 5.74) is 8.85. The standard InChI is InChI=1S/C32H34N6O5.ClH/c1-35-14-16-37(17-15-35)20-28(40)36(2)24-11-9-23(10-12-24)34-30(21-6-4-3-5-7-21)29-25-13-8-22(32(42)43)18-26(25)38(31(29)41)27(39)19-33;/h3-13,18,34H,14-17,19-20,33H2,1-2H3,(H,42,43);1H/b30-29-;. The highest BCUT2D eigenvalue weighted by molar-refractivity contribution is 6.44. The second kappa shape index (κ2) is 13.8. The fourth-order valence-corrected chi connectivity index (χ4v) is 5.22. The smallest absolute Gasteiger partial charge is 0.335 e. The van der Waals surface area contributed by atoms with Crippen molar-refractivity contribution in [3.8, 4) is 0 Å². The van der Waals surface area contributed by atoms with Crippen molar-refractivity contribution >= 4 is 64.4 Å². The van der Waals surface area contributed by atoms with Crippen LogP contribution in [0.5, 0.6) is 0 Å². The molecular formula is C32H35ClN6O5. The van der Waals surface area contributed by atoms with Gasteiger partial charge in [0.15, 0.2) is 0 Å². The summed E-state index contributed by atoms with van der Waals surface area (Å²) in [7, 11) is 3.83. The van der Waals surface area contributed by atoms with Gasteiger partial charge in [-0.05, 0) is 49.0 Å². The molecule has 0 aliphatic carbocycles. The zero-order valence-corrected chi connectivity index (χ0v) is 25.3. The van der Waals surface area contributed by atoms with Gasteiger partial charge in [0, 0.05) is 50.2 Å². The number of piperazine rings is 1. The molecule has 3 aromatic rings. The van der Waals surface area contributed by atoms with E-state index in [1.165, 1.54) is 18.2 Å². The molecule has 0 bridgehead atoms. The molecule has 2 aliphatic heterocycles. The van der Waals surface area contributed by atoms with Crippen LogP contribution in [0.25, 0.3) is 11.3 Å². The summed E-state index contributed by atoms with van der Waals surface area (Å²) in [5, 5.41) is 12.9. The highest BCUT2D eigenvalue weighted by atomic mass is 35.5. The number of imide groups is 1. The van der Waals surface area contributed by atoms with Crippen LogP contribution in [0.4, 0.5) is 17.1 Å². The summed E-state index contributed by atoms with van der Waals surface area (Å²) >= 11 is 0. The lowest BCUT2D eigenvalue weighted by atomic mass is 9.99. The van der Waals surface area contributed by atoms with E-state index in [1.807, 2.05) is 54.6 Å². The van der Waals surface area contributed by atoms with Crippen LogP contribution in [0, 0.1) is 0 Å². The molecule has 1 fully saturated rings. The van der Waals surface area contributed by atoms with Crippen molar-refractivity contribution in [3.05, 3.63) is 89.5 Å². The van der Waals surface area contributed by atoms with E-state index < -0.39 is 24.3 Å². The van der Waals surface area contributed by atoms with E-state index in [0.29, 0.717) is 29.1 Å². The Morgan fingerprint density at radius 2 is 1.59 bits per heavy atom. The van der Waals surface area contributed by atoms with Gasteiger partial charge >= 0.3 is 5.97 Å². The number of carbonyl (C=O) groups excluding carboxylic acids is 3. The van der Waals surface area contributed by atoms with Gasteiger partial charge < -0.3 is 26.0 Å². The van der Waals surface area contributed by atoms with Crippen molar-refractivity contribution in [2.24, 2.45) is 5.73 Å². The van der Waals surface area contributed by atoms with Crippen LogP contribution in [-0.2, 0) is 14.4 Å². The normalized spacial score (nSPS) is 16.2. The van der Waals surface area contributed by atoms with Crippen LogP contribution in [0.2, 0.25) is 0 Å². The van der Waals surface area contributed by atoms with Crippen molar-refractivity contribution in [3.63, 3.8) is 0 Å². The van der Waals surface area contributed by atoms with Gasteiger partial charge in [-0.25, -0.2) is 9.69 Å². The van der Waals surface area contributed by atoms with E-state index in [9.17, 15) is 24.3 Å². The largest absolute Gasteiger partial charge is 0.478 e. The first-order chi connectivity index (χ1) is 20.7. The Morgan fingerprint density at radius 3 is 2.20 bits per heavy atom. The number of carboxylic acid groups (broad SMARTS) is 1. The maximum Gasteiger partial charge on any atom is 0.335 e. The quantitative estimate of drug-likeness (QED) is 0.325. The fraction of sp³-hybridized carbons (Fsp3) is 0.250. The second-order valence-electron chi connectivity index (χ2n) is 10.6. The molecule has 0 aromatic heterocycles. The highest BCUT2D eigenvalue weighted by Gasteiger charge is 2.39. The van der Waals surface area contributed by atoms with Gasteiger partial charge in [-0.15, -0.1) is 12.4 Å². The van der Waals surface area contributed by atoms with E-state index in [0.717, 1.165) is 36.8 Å². The third kappa shape index (κ3) is 6.66. The molecule has 11 nitrogen and oxygen atoms in total. The Balaban J connectivity index is 0.00000442. The van der Waals surface area contributed by atoms with Gasteiger partial charge in [0.1, 0.15) is 0 Å². The van der Waals surface area contributed by atoms with Crippen LogP contribution in [0.3, 0.4) is 0 Å². The Labute approximate surface area is 261 Å². The summed E-state index contributed by atoms with van der Waals surface area (Å²) in [6, 6.07) is 20.7. The maximum absolute atomic E-state index is 13.8. The van der Waals surface area contributed by atoms with Crippen LogP contribution in [-0.4, -0.2) is 92.0 Å². The Morgan fingerprint density at radius 1 is 0.932 bits per heavy atom. The number of amides is 3. The third-order valence-electron chi connectivity index (χ3n) is 7.76. The summed E-state index contributed by atoms with van der Waals surface area (Å²) in [6.07, 6.45) is 0. The van der Waals surface area contributed by atoms with Gasteiger partial charge in [-0.3, -0.25) is 19.3 Å². The van der Waals surface area contributed by atoms with Gasteiger partial charge in [-0.2, -0.15) is 0 Å². The SMILES string of the molecule is CN1CCN(CC(=O)N(C)c2ccc(N/C(=C3\C(=O)N(C(=O)CN)c4cc(C(=O)O)ccc43)c3ccccc3)cc2)CC1.Cl. The number of fused-ring (bicyclic) bond motifs is 1. The lowest BCUT2D eigenvalue weighted by Crippen LogP contribution is -2.48. The number of carboxylic acids is 1. The van der Waals surface area contributed by atoms with Crippen LogP contribution in [0.15, 0.2) is 72.8 Å². The minimum Gasteiger partial charge on any atom is -0.478 e. The highest BCUT2D eigenvalue weighted by Crippen LogP contribution is 2.42. The van der Waals surface area contributed by atoms with E-state index in [4.69, 9.17) is 5.73 Å². The van der Waals surface area contributed by atoms with E-state index in [1.54, 1.807) is 11.9 Å². The van der Waals surface area contributed by atoms with Crippen molar-refractivity contribution in [1.29, 1.82) is 0 Å². The summed E-state index contributed by atoms with van der Waals surface area (Å²) in [4.78, 5) is 58.2. The van der Waals surface area contributed by atoms with Crippen molar-refractivity contribution in [2.75, 3.05) is 68.5 Å². The van der Waals surface area contributed by atoms with Gasteiger partial charge in [-0.1, -0.05) is 36.4 Å². The number of hydrogen-bond acceptors (Lipinski definition) is 8. The van der Waals surface area contributed by atoms with E-state index >= 15 is 0 Å². The lowest BCUT2D eigenvalue weighted by Gasteiger charge is -2.32. The molecule has 44 heavy (non-hydrogen) atoms. The number of likely N-dealkylation sites (N-methyl/N-ethyl adjacent to an activating group) is 2. The molecular weight excluding hydrogens is 584 g/mol. The molecule has 3 aromatic carbocycles. The minimum absolute atomic E-state index is 0. The predicted octanol–water partition coefficient (Wildman–Crippen LogP) is 2.83. The molecule has 5 rings (SSSR count). The molecule has 0 unspecified atom stereocenters. The van der Waals surface area contributed by atoms with Crippen LogP contribution in [0.1, 0.15) is 21.5 Å². The van der Waals surface area contributed by atoms with Crippen molar-refractivity contribution < 1.29 is 24.3 Å². The molecule has 3 amide bonds. The molecule has 4 N–H and O–H groups in total. The number of halogens is 1. The molecule has 2 aliphatic rings. The Kier molecular flexibility index (Phi) is 10.2. The molecule has 0 saturated carbocycles. The third-order valence-corrected chi connectivity index (χ3v) is 7.76. The molecule has 0 radical (unpaired) electrons. The first-order valence-electron chi connectivity index (χ1n) is 14.0. The fourth-order valence-electron chi connectivity index (χ4n) is 5.22. The van der Waals surface area contributed by atoms with E-state index in [2.05, 4.69) is 22.2 Å². The molecule has 1 saturated heterocycles. The predicted molar refractivity (Wildman–Crippen MR) is 173 cm³/mol. The topological polar surface area (TPSA) is 140 Å². The summed E-state index contributed by atoms with van der Waals surface area (Å²) in [5.74, 6) is -2.44. The van der Waals surface area contributed by atoms with Gasteiger partial charge in [0.2, 0.25) is 11.8 Å². The minimum atomic E-state index is -1.18. The number of hydrogen-bond donors (Lipinski definition) is 3. The average molecular weight is 619 g/mol. The van der Waals surface area contributed by atoms with Crippen molar-refractivity contribution in [2.45, 2.75) is 0 Å².